The van der Waals surface area contributed by atoms with Gasteiger partial charge in [0.25, 0.3) is 0 Å². The molecule has 3 heterocycles. The van der Waals surface area contributed by atoms with Crippen molar-refractivity contribution in [1.82, 2.24) is 15.3 Å². The highest BCUT2D eigenvalue weighted by molar-refractivity contribution is 5.89. The first-order valence-corrected chi connectivity index (χ1v) is 9.20. The number of aromatic amines is 1. The van der Waals surface area contributed by atoms with Gasteiger partial charge in [0.15, 0.2) is 0 Å². The summed E-state index contributed by atoms with van der Waals surface area (Å²) in [7, 11) is 1.65. The lowest BCUT2D eigenvalue weighted by Crippen LogP contribution is -2.39. The van der Waals surface area contributed by atoms with Crippen LogP contribution in [0.15, 0.2) is 42.7 Å². The van der Waals surface area contributed by atoms with Gasteiger partial charge in [-0.25, -0.2) is 4.98 Å². The summed E-state index contributed by atoms with van der Waals surface area (Å²) in [5.41, 5.74) is 3.82. The van der Waals surface area contributed by atoms with Crippen LogP contribution in [-0.4, -0.2) is 42.2 Å². The van der Waals surface area contributed by atoms with Crippen LogP contribution in [0.3, 0.4) is 0 Å². The molecule has 0 saturated carbocycles. The Balaban J connectivity index is 1.53. The minimum atomic E-state index is 0.0395. The summed E-state index contributed by atoms with van der Waals surface area (Å²) in [6, 6.07) is 10.2. The second kappa shape index (κ2) is 7.80. The van der Waals surface area contributed by atoms with Crippen LogP contribution in [0.1, 0.15) is 18.4 Å². The minimum absolute atomic E-state index is 0.0395. The van der Waals surface area contributed by atoms with E-state index in [1.807, 2.05) is 36.7 Å². The Hall–Kier alpha value is -2.86. The first-order chi connectivity index (χ1) is 13.2. The summed E-state index contributed by atoms with van der Waals surface area (Å²) in [6.45, 7) is 1.43. The Morgan fingerprint density at radius 3 is 2.78 bits per heavy atom. The molecule has 0 atom stereocenters. The fourth-order valence-corrected chi connectivity index (χ4v) is 3.44. The molecule has 6 heteroatoms. The van der Waals surface area contributed by atoms with E-state index in [4.69, 9.17) is 9.47 Å². The number of nitrogens with zero attached hydrogens (tertiary/aromatic N) is 1. The molecule has 1 saturated heterocycles. The van der Waals surface area contributed by atoms with Gasteiger partial charge in [-0.2, -0.15) is 0 Å². The third-order valence-electron chi connectivity index (χ3n) is 4.98. The van der Waals surface area contributed by atoms with Gasteiger partial charge >= 0.3 is 0 Å². The first kappa shape index (κ1) is 17.5. The van der Waals surface area contributed by atoms with Crippen LogP contribution in [0.4, 0.5) is 0 Å². The van der Waals surface area contributed by atoms with Crippen molar-refractivity contribution in [3.8, 4) is 16.9 Å². The number of benzene rings is 1. The van der Waals surface area contributed by atoms with E-state index in [2.05, 4.69) is 21.4 Å². The predicted octanol–water partition coefficient (Wildman–Crippen LogP) is 3.08. The number of H-pyrrole nitrogens is 1. The molecule has 1 amide bonds. The molecule has 6 nitrogen and oxygen atoms in total. The van der Waals surface area contributed by atoms with Gasteiger partial charge in [0, 0.05) is 42.6 Å². The fraction of sp³-hybridized carbons (Fsp3) is 0.333. The maximum Gasteiger partial charge on any atom is 0.224 e. The number of ether oxygens (including phenoxy) is 2. The smallest absolute Gasteiger partial charge is 0.224 e. The van der Waals surface area contributed by atoms with Crippen LogP contribution in [-0.2, 0) is 16.0 Å². The molecular formula is C21H23N3O3. The van der Waals surface area contributed by atoms with Crippen molar-refractivity contribution in [3.05, 3.63) is 48.3 Å². The predicted molar refractivity (Wildman–Crippen MR) is 104 cm³/mol. The Morgan fingerprint density at radius 2 is 2.04 bits per heavy atom. The van der Waals surface area contributed by atoms with Gasteiger partial charge in [-0.1, -0.05) is 12.1 Å². The van der Waals surface area contributed by atoms with E-state index >= 15 is 0 Å². The molecule has 0 aliphatic carbocycles. The molecule has 2 aromatic heterocycles. The maximum absolute atomic E-state index is 12.4. The van der Waals surface area contributed by atoms with Gasteiger partial charge in [-0.15, -0.1) is 0 Å². The Morgan fingerprint density at radius 1 is 1.26 bits per heavy atom. The van der Waals surface area contributed by atoms with Crippen LogP contribution in [0.2, 0.25) is 0 Å². The van der Waals surface area contributed by atoms with Crippen LogP contribution < -0.4 is 10.1 Å². The first-order valence-electron chi connectivity index (χ1n) is 9.20. The molecule has 1 fully saturated rings. The van der Waals surface area contributed by atoms with Crippen molar-refractivity contribution >= 4 is 16.9 Å². The maximum atomic E-state index is 12.4. The zero-order valence-electron chi connectivity index (χ0n) is 15.3. The molecule has 1 aliphatic rings. The van der Waals surface area contributed by atoms with E-state index in [9.17, 15) is 4.79 Å². The normalized spacial score (nSPS) is 15.0. The molecule has 0 bridgehead atoms. The molecular weight excluding hydrogens is 342 g/mol. The van der Waals surface area contributed by atoms with Gasteiger partial charge in [0.2, 0.25) is 5.91 Å². The number of carbonyl (C=O) groups excluding carboxylic acids is 1. The molecule has 3 aromatic rings. The summed E-state index contributed by atoms with van der Waals surface area (Å²) in [5.74, 6) is 0.859. The summed E-state index contributed by atoms with van der Waals surface area (Å²) < 4.78 is 10.6. The van der Waals surface area contributed by atoms with Crippen LogP contribution in [0, 0.1) is 0 Å². The van der Waals surface area contributed by atoms with Crippen molar-refractivity contribution in [2.75, 3.05) is 20.3 Å². The molecule has 1 aliphatic heterocycles. The van der Waals surface area contributed by atoms with Crippen LogP contribution >= 0.6 is 0 Å². The number of amides is 1. The minimum Gasteiger partial charge on any atom is -0.497 e. The van der Waals surface area contributed by atoms with Gasteiger partial charge in [0.05, 0.1) is 13.5 Å². The highest BCUT2D eigenvalue weighted by atomic mass is 16.5. The van der Waals surface area contributed by atoms with Crippen LogP contribution in [0.5, 0.6) is 5.75 Å². The molecule has 0 unspecified atom stereocenters. The van der Waals surface area contributed by atoms with Crippen LogP contribution in [0.25, 0.3) is 22.2 Å². The number of aromatic nitrogens is 2. The summed E-state index contributed by atoms with van der Waals surface area (Å²) >= 11 is 0. The number of pyridine rings is 1. The number of fused-ring (bicyclic) bond motifs is 1. The second-order valence-corrected chi connectivity index (χ2v) is 6.79. The Labute approximate surface area is 157 Å². The average Bonchev–Trinajstić information content (AvgIpc) is 3.10. The molecule has 1 aromatic carbocycles. The Bertz CT molecular complexity index is 927. The number of hydrogen-bond donors (Lipinski definition) is 2. The monoisotopic (exact) mass is 365 g/mol. The third-order valence-corrected chi connectivity index (χ3v) is 4.98. The van der Waals surface area contributed by atoms with E-state index < -0.39 is 0 Å². The largest absolute Gasteiger partial charge is 0.497 e. The van der Waals surface area contributed by atoms with E-state index in [1.54, 1.807) is 7.11 Å². The summed E-state index contributed by atoms with van der Waals surface area (Å²) in [5, 5.41) is 4.09. The van der Waals surface area contributed by atoms with E-state index in [-0.39, 0.29) is 11.9 Å². The van der Waals surface area contributed by atoms with Gasteiger partial charge in [0.1, 0.15) is 11.4 Å². The Kier molecular flexibility index (Phi) is 5.07. The third kappa shape index (κ3) is 3.95. The number of carbonyl (C=O) groups is 1. The highest BCUT2D eigenvalue weighted by Gasteiger charge is 2.17. The summed E-state index contributed by atoms with van der Waals surface area (Å²) in [6.07, 6.45) is 5.81. The SMILES string of the molecule is COc1ccc(-c2cnc3[nH]cc(CC(=O)NC4CCOCC4)c3c2)cc1. The number of hydrogen-bond acceptors (Lipinski definition) is 4. The van der Waals surface area contributed by atoms with Crippen molar-refractivity contribution in [1.29, 1.82) is 0 Å². The molecule has 2 N–H and O–H groups in total. The molecule has 140 valence electrons. The standard InChI is InChI=1S/C21H23N3O3/c1-26-18-4-2-14(3-5-18)15-10-19-16(13-23-21(19)22-12-15)11-20(25)24-17-6-8-27-9-7-17/h2-5,10,12-13,17H,6-9,11H2,1H3,(H,22,23)(H,24,25). The highest BCUT2D eigenvalue weighted by Crippen LogP contribution is 2.26. The quantitative estimate of drug-likeness (QED) is 0.729. The fourth-order valence-electron chi connectivity index (χ4n) is 3.44. The van der Waals surface area contributed by atoms with E-state index in [0.717, 1.165) is 46.3 Å². The van der Waals surface area contributed by atoms with E-state index in [1.165, 1.54) is 0 Å². The molecule has 0 spiro atoms. The second-order valence-electron chi connectivity index (χ2n) is 6.79. The van der Waals surface area contributed by atoms with E-state index in [0.29, 0.717) is 19.6 Å². The topological polar surface area (TPSA) is 76.2 Å². The van der Waals surface area contributed by atoms with Crippen molar-refractivity contribution in [2.24, 2.45) is 0 Å². The zero-order valence-corrected chi connectivity index (χ0v) is 15.3. The van der Waals surface area contributed by atoms with Crippen molar-refractivity contribution < 1.29 is 14.3 Å². The number of methoxy groups -OCH3 is 1. The van der Waals surface area contributed by atoms with Gasteiger partial charge < -0.3 is 19.8 Å². The average molecular weight is 365 g/mol. The lowest BCUT2D eigenvalue weighted by atomic mass is 10.0. The van der Waals surface area contributed by atoms with Gasteiger partial charge in [-0.05, 0) is 42.2 Å². The molecule has 0 radical (unpaired) electrons. The lowest BCUT2D eigenvalue weighted by Gasteiger charge is -2.23. The molecule has 4 rings (SSSR count). The zero-order chi connectivity index (χ0) is 18.6. The summed E-state index contributed by atoms with van der Waals surface area (Å²) in [4.78, 5) is 20.1. The number of nitrogens with one attached hydrogen (secondary N) is 2. The lowest BCUT2D eigenvalue weighted by molar-refractivity contribution is -0.121. The van der Waals surface area contributed by atoms with Gasteiger partial charge in [-0.3, -0.25) is 4.79 Å². The number of rotatable bonds is 5. The van der Waals surface area contributed by atoms with Crippen molar-refractivity contribution in [2.45, 2.75) is 25.3 Å². The molecule has 27 heavy (non-hydrogen) atoms. The van der Waals surface area contributed by atoms with Crippen molar-refractivity contribution in [3.63, 3.8) is 0 Å².